The van der Waals surface area contributed by atoms with Crippen LogP contribution in [0, 0.1) is 0 Å². The number of hydrogen-bond donors (Lipinski definition) is 0. The smallest absolute Gasteiger partial charge is 0.306 e. The highest BCUT2D eigenvalue weighted by atomic mass is 16.6. The second kappa shape index (κ2) is 69.3. The van der Waals surface area contributed by atoms with Crippen molar-refractivity contribution in [1.29, 1.82) is 0 Å². The monoisotopic (exact) mass is 1130 g/mol. The summed E-state index contributed by atoms with van der Waals surface area (Å²) in [6.45, 7) is 6.49. The molecule has 0 aliphatic rings. The molecule has 0 saturated heterocycles. The largest absolute Gasteiger partial charge is 0.462 e. The van der Waals surface area contributed by atoms with E-state index in [0.717, 1.165) is 77.0 Å². The SMILES string of the molecule is CC/C=C\C/C=C\C/C=C\C/C=C\CCC(=O)OCC(COC(=O)CCCCCCCCCCCCCCCCCCCCCCCCCCCCCCCCCC)OC(=O)CCCCCCCCC/C=C\C/C=C\CCCCCC. The Labute approximate surface area is 503 Å². The number of allylic oxidation sites excluding steroid dienone is 12. The van der Waals surface area contributed by atoms with E-state index in [0.29, 0.717) is 19.3 Å². The number of carbonyl (C=O) groups excluding carboxylic acids is 3. The fourth-order valence-electron chi connectivity index (χ4n) is 10.4. The molecule has 0 aliphatic carbocycles. The van der Waals surface area contributed by atoms with E-state index in [2.05, 4.69) is 87.6 Å². The molecule has 0 N–H and O–H groups in total. The number of hydrogen-bond acceptors (Lipinski definition) is 6. The fourth-order valence-corrected chi connectivity index (χ4v) is 10.4. The van der Waals surface area contributed by atoms with Crippen LogP contribution in [0.25, 0.3) is 0 Å². The van der Waals surface area contributed by atoms with Gasteiger partial charge in [-0.15, -0.1) is 0 Å². The van der Waals surface area contributed by atoms with Gasteiger partial charge < -0.3 is 14.2 Å². The first-order valence-electron chi connectivity index (χ1n) is 35.4. The topological polar surface area (TPSA) is 78.9 Å². The van der Waals surface area contributed by atoms with Crippen molar-refractivity contribution in [3.8, 4) is 0 Å². The minimum Gasteiger partial charge on any atom is -0.462 e. The third-order valence-corrected chi connectivity index (χ3v) is 15.7. The zero-order valence-corrected chi connectivity index (χ0v) is 54.1. The molecule has 0 rings (SSSR count). The summed E-state index contributed by atoms with van der Waals surface area (Å²) < 4.78 is 16.9. The molecule has 0 aromatic carbocycles. The second-order valence-electron chi connectivity index (χ2n) is 23.8. The Morgan fingerprint density at radius 2 is 0.506 bits per heavy atom. The Hall–Kier alpha value is -3.15. The van der Waals surface area contributed by atoms with Gasteiger partial charge in [0.2, 0.25) is 0 Å². The van der Waals surface area contributed by atoms with E-state index in [9.17, 15) is 14.4 Å². The number of ether oxygens (including phenoxy) is 3. The molecule has 1 atom stereocenters. The molecule has 0 radical (unpaired) electrons. The summed E-state index contributed by atoms with van der Waals surface area (Å²) in [6.07, 6.45) is 91.1. The van der Waals surface area contributed by atoms with Crippen molar-refractivity contribution in [2.75, 3.05) is 13.2 Å². The van der Waals surface area contributed by atoms with Gasteiger partial charge in [-0.2, -0.15) is 0 Å². The standard InChI is InChI=1S/C75H134O6/c1-4-7-10-13-16-19-22-25-27-29-31-32-33-34-35-36-37-38-39-40-41-42-43-44-46-47-50-53-56-59-62-65-68-74(77)80-71-72(70-79-73(76)67-64-61-58-55-52-49-24-21-18-15-12-9-6-3)81-75(78)69-66-63-60-57-54-51-48-45-30-28-26-23-20-17-14-11-8-5-2/h9,12,18,20-21,23,28,30,49,52,58,61,72H,4-8,10-11,13-17,19,22,24-27,29,31-48,50-51,53-57,59-60,62-71H2,1-3H3/b12-9-,21-18-,23-20-,30-28-,52-49-,61-58-. The first kappa shape index (κ1) is 77.9. The predicted molar refractivity (Wildman–Crippen MR) is 353 cm³/mol. The molecule has 1 unspecified atom stereocenters. The van der Waals surface area contributed by atoms with Gasteiger partial charge in [-0.05, 0) is 77.0 Å². The van der Waals surface area contributed by atoms with Gasteiger partial charge in [-0.25, -0.2) is 0 Å². The van der Waals surface area contributed by atoms with Crippen molar-refractivity contribution in [2.24, 2.45) is 0 Å². The lowest BCUT2D eigenvalue weighted by Crippen LogP contribution is -2.30. The molecule has 470 valence electrons. The van der Waals surface area contributed by atoms with Gasteiger partial charge in [0.05, 0.1) is 0 Å². The summed E-state index contributed by atoms with van der Waals surface area (Å²) in [7, 11) is 0. The molecule has 0 fully saturated rings. The third-order valence-electron chi connectivity index (χ3n) is 15.7. The third kappa shape index (κ3) is 67.5. The van der Waals surface area contributed by atoms with E-state index in [1.165, 1.54) is 244 Å². The lowest BCUT2D eigenvalue weighted by molar-refractivity contribution is -0.166. The Morgan fingerprint density at radius 3 is 0.840 bits per heavy atom. The Bertz CT molecular complexity index is 1490. The van der Waals surface area contributed by atoms with Gasteiger partial charge in [0.15, 0.2) is 6.10 Å². The molecule has 0 saturated carbocycles. The van der Waals surface area contributed by atoms with Crippen LogP contribution in [-0.2, 0) is 28.6 Å². The lowest BCUT2D eigenvalue weighted by atomic mass is 10.0. The van der Waals surface area contributed by atoms with Crippen molar-refractivity contribution in [2.45, 2.75) is 374 Å². The van der Waals surface area contributed by atoms with E-state index in [-0.39, 0.29) is 37.5 Å². The molecular formula is C75H134O6. The van der Waals surface area contributed by atoms with Crippen LogP contribution in [-0.4, -0.2) is 37.2 Å². The molecule has 6 heteroatoms. The van der Waals surface area contributed by atoms with E-state index < -0.39 is 6.10 Å². The Kier molecular flexibility index (Phi) is 66.6. The maximum absolute atomic E-state index is 12.9. The summed E-state index contributed by atoms with van der Waals surface area (Å²) in [5, 5.41) is 0. The van der Waals surface area contributed by atoms with E-state index in [1.54, 1.807) is 0 Å². The number of rotatable bonds is 65. The van der Waals surface area contributed by atoms with Crippen molar-refractivity contribution in [3.05, 3.63) is 72.9 Å². The molecule has 0 amide bonds. The highest BCUT2D eigenvalue weighted by Crippen LogP contribution is 2.18. The quantitative estimate of drug-likeness (QED) is 0.0261. The zero-order chi connectivity index (χ0) is 58.5. The number of unbranched alkanes of at least 4 members (excludes halogenated alkanes) is 42. The van der Waals surface area contributed by atoms with Crippen molar-refractivity contribution >= 4 is 17.9 Å². The Balaban J connectivity index is 4.17. The van der Waals surface area contributed by atoms with Crippen LogP contribution in [0.2, 0.25) is 0 Å². The normalized spacial score (nSPS) is 12.5. The highest BCUT2D eigenvalue weighted by molar-refractivity contribution is 5.71. The lowest BCUT2D eigenvalue weighted by Gasteiger charge is -2.18. The van der Waals surface area contributed by atoms with Crippen LogP contribution in [0.4, 0.5) is 0 Å². The van der Waals surface area contributed by atoms with E-state index in [1.807, 2.05) is 6.08 Å². The van der Waals surface area contributed by atoms with Gasteiger partial charge in [0.1, 0.15) is 13.2 Å². The number of esters is 3. The molecule has 6 nitrogen and oxygen atoms in total. The molecule has 0 aliphatic heterocycles. The minimum atomic E-state index is -0.809. The van der Waals surface area contributed by atoms with E-state index in [4.69, 9.17) is 14.2 Å². The van der Waals surface area contributed by atoms with Crippen LogP contribution in [0.15, 0.2) is 72.9 Å². The molecular weight excluding hydrogens is 997 g/mol. The summed E-state index contributed by atoms with van der Waals surface area (Å²) in [4.78, 5) is 38.3. The first-order valence-corrected chi connectivity index (χ1v) is 35.4. The average molecular weight is 1130 g/mol. The molecule has 0 heterocycles. The van der Waals surface area contributed by atoms with Crippen LogP contribution in [0.3, 0.4) is 0 Å². The van der Waals surface area contributed by atoms with Crippen LogP contribution in [0.5, 0.6) is 0 Å². The number of carbonyl (C=O) groups is 3. The molecule has 81 heavy (non-hydrogen) atoms. The van der Waals surface area contributed by atoms with Crippen LogP contribution >= 0.6 is 0 Å². The predicted octanol–water partition coefficient (Wildman–Crippen LogP) is 24.4. The minimum absolute atomic E-state index is 0.0979. The summed E-state index contributed by atoms with van der Waals surface area (Å²) >= 11 is 0. The van der Waals surface area contributed by atoms with Crippen molar-refractivity contribution in [3.63, 3.8) is 0 Å². The van der Waals surface area contributed by atoms with Gasteiger partial charge in [0, 0.05) is 19.3 Å². The first-order chi connectivity index (χ1) is 40.0. The second-order valence-corrected chi connectivity index (χ2v) is 23.8. The fraction of sp³-hybridized carbons (Fsp3) is 0.800. The summed E-state index contributed by atoms with van der Waals surface area (Å²) in [5.74, 6) is -0.974. The van der Waals surface area contributed by atoms with Gasteiger partial charge >= 0.3 is 17.9 Å². The maximum Gasteiger partial charge on any atom is 0.306 e. The highest BCUT2D eigenvalue weighted by Gasteiger charge is 2.19. The zero-order valence-electron chi connectivity index (χ0n) is 54.1. The van der Waals surface area contributed by atoms with Gasteiger partial charge in [-0.3, -0.25) is 14.4 Å². The molecule has 0 bridgehead atoms. The molecule has 0 spiro atoms. The molecule has 0 aromatic rings. The Morgan fingerprint density at radius 1 is 0.259 bits per heavy atom. The average Bonchev–Trinajstić information content (AvgIpc) is 3.46. The summed E-state index contributed by atoms with van der Waals surface area (Å²) in [6, 6.07) is 0. The van der Waals surface area contributed by atoms with Gasteiger partial charge in [0.25, 0.3) is 0 Å². The van der Waals surface area contributed by atoms with Crippen molar-refractivity contribution < 1.29 is 28.6 Å². The van der Waals surface area contributed by atoms with Crippen LogP contribution < -0.4 is 0 Å². The molecule has 0 aromatic heterocycles. The van der Waals surface area contributed by atoms with Crippen LogP contribution in [0.1, 0.15) is 367 Å². The summed E-state index contributed by atoms with van der Waals surface area (Å²) in [5.41, 5.74) is 0. The van der Waals surface area contributed by atoms with Crippen molar-refractivity contribution in [1.82, 2.24) is 0 Å². The maximum atomic E-state index is 12.9. The van der Waals surface area contributed by atoms with E-state index >= 15 is 0 Å². The van der Waals surface area contributed by atoms with Gasteiger partial charge in [-0.1, -0.05) is 344 Å².